The van der Waals surface area contributed by atoms with Crippen LogP contribution in [0.2, 0.25) is 0 Å². The predicted octanol–water partition coefficient (Wildman–Crippen LogP) is 1.95. The first-order valence-electron chi connectivity index (χ1n) is 6.12. The van der Waals surface area contributed by atoms with Gasteiger partial charge in [0, 0.05) is 31.1 Å². The number of nitrogens with zero attached hydrogens (tertiary/aromatic N) is 2. The molecule has 5 nitrogen and oxygen atoms in total. The summed E-state index contributed by atoms with van der Waals surface area (Å²) >= 11 is 0. The van der Waals surface area contributed by atoms with Crippen molar-refractivity contribution in [2.75, 3.05) is 18.5 Å². The van der Waals surface area contributed by atoms with Crippen LogP contribution in [0.25, 0.3) is 10.8 Å². The zero-order chi connectivity index (χ0) is 14.0. The average molecular weight is 258 g/mol. The van der Waals surface area contributed by atoms with E-state index in [1.165, 1.54) is 0 Å². The first-order chi connectivity index (χ1) is 8.99. The van der Waals surface area contributed by atoms with Crippen LogP contribution in [0.3, 0.4) is 0 Å². The van der Waals surface area contributed by atoms with Gasteiger partial charge in [-0.3, -0.25) is 5.41 Å². The number of benzene rings is 1. The molecule has 0 spiro atoms. The van der Waals surface area contributed by atoms with Crippen molar-refractivity contribution < 1.29 is 5.11 Å². The molecular formula is C14H18N4O. The lowest BCUT2D eigenvalue weighted by atomic mass is 10.1. The number of hydrogen-bond donors (Lipinski definition) is 3. The van der Waals surface area contributed by atoms with Crippen molar-refractivity contribution in [3.63, 3.8) is 0 Å². The highest BCUT2D eigenvalue weighted by molar-refractivity contribution is 5.93. The molecule has 0 aliphatic rings. The Morgan fingerprint density at radius 2 is 2.21 bits per heavy atom. The number of aromatic nitrogens is 1. The molecular weight excluding hydrogens is 240 g/mol. The van der Waals surface area contributed by atoms with Gasteiger partial charge in [0.25, 0.3) is 0 Å². The summed E-state index contributed by atoms with van der Waals surface area (Å²) < 4.78 is 0. The molecule has 0 amide bonds. The summed E-state index contributed by atoms with van der Waals surface area (Å²) in [6.45, 7) is 2.51. The zero-order valence-electron chi connectivity index (χ0n) is 11.1. The third-order valence-corrected chi connectivity index (χ3v) is 3.17. The highest BCUT2D eigenvalue weighted by Gasteiger charge is 2.13. The van der Waals surface area contributed by atoms with Gasteiger partial charge < -0.3 is 15.7 Å². The number of amidine groups is 1. The Kier molecular flexibility index (Phi) is 3.55. The molecule has 0 saturated carbocycles. The molecule has 2 rings (SSSR count). The van der Waals surface area contributed by atoms with E-state index in [4.69, 9.17) is 11.1 Å². The molecule has 1 unspecified atom stereocenters. The normalized spacial score (nSPS) is 12.3. The fourth-order valence-corrected chi connectivity index (χ4v) is 2.04. The van der Waals surface area contributed by atoms with E-state index >= 15 is 0 Å². The molecule has 0 bridgehead atoms. The molecule has 1 aromatic carbocycles. The van der Waals surface area contributed by atoms with Crippen LogP contribution in [0, 0.1) is 11.3 Å². The van der Waals surface area contributed by atoms with Crippen molar-refractivity contribution in [3.05, 3.63) is 30.5 Å². The predicted molar refractivity (Wildman–Crippen MR) is 77.8 cm³/mol. The molecule has 2 aromatic rings. The monoisotopic (exact) mass is 258 g/mol. The second kappa shape index (κ2) is 5.14. The van der Waals surface area contributed by atoms with Gasteiger partial charge in [0.05, 0.1) is 5.84 Å². The summed E-state index contributed by atoms with van der Waals surface area (Å²) in [5, 5.41) is 19.0. The number of aromatic hydroxyl groups is 1. The quantitative estimate of drug-likeness (QED) is 0.578. The van der Waals surface area contributed by atoms with Gasteiger partial charge >= 0.3 is 0 Å². The van der Waals surface area contributed by atoms with E-state index in [1.807, 2.05) is 31.0 Å². The third kappa shape index (κ3) is 2.76. The van der Waals surface area contributed by atoms with Crippen molar-refractivity contribution in [1.29, 1.82) is 5.41 Å². The third-order valence-electron chi connectivity index (χ3n) is 3.17. The summed E-state index contributed by atoms with van der Waals surface area (Å²) in [6, 6.07) is 7.12. The maximum atomic E-state index is 9.61. The topological polar surface area (TPSA) is 86.2 Å². The molecule has 1 heterocycles. The Hall–Kier alpha value is -2.30. The van der Waals surface area contributed by atoms with Gasteiger partial charge in [-0.2, -0.15) is 0 Å². The molecule has 0 radical (unpaired) electrons. The van der Waals surface area contributed by atoms with Gasteiger partial charge in [-0.15, -0.1) is 0 Å². The number of nitrogens with two attached hydrogens (primary N) is 1. The summed E-state index contributed by atoms with van der Waals surface area (Å²) in [5.74, 6) is 1.12. The molecule has 0 aliphatic carbocycles. The van der Waals surface area contributed by atoms with Crippen LogP contribution >= 0.6 is 0 Å². The molecule has 100 valence electrons. The van der Waals surface area contributed by atoms with Crippen molar-refractivity contribution in [2.45, 2.75) is 6.92 Å². The number of rotatable bonds is 4. The summed E-state index contributed by atoms with van der Waals surface area (Å²) in [4.78, 5) is 6.32. The Bertz CT molecular complexity index is 611. The standard InChI is InChI=1S/C14H18N4O/c1-9(13(15)16)8-18(2)14-12-7-11(19)4-3-10(12)5-6-17-14/h3-7,9,19H,8H2,1-2H3,(H3,15,16). The first kappa shape index (κ1) is 13.1. The van der Waals surface area contributed by atoms with Gasteiger partial charge in [-0.25, -0.2) is 4.98 Å². The molecule has 19 heavy (non-hydrogen) atoms. The smallest absolute Gasteiger partial charge is 0.136 e. The Morgan fingerprint density at radius 3 is 2.89 bits per heavy atom. The maximum Gasteiger partial charge on any atom is 0.136 e. The van der Waals surface area contributed by atoms with Gasteiger partial charge in [0.1, 0.15) is 11.6 Å². The molecule has 1 atom stereocenters. The fraction of sp³-hybridized carbons (Fsp3) is 0.286. The van der Waals surface area contributed by atoms with Crippen molar-refractivity contribution in [3.8, 4) is 5.75 Å². The Labute approximate surface area is 112 Å². The number of anilines is 1. The van der Waals surface area contributed by atoms with Crippen LogP contribution in [-0.4, -0.2) is 29.5 Å². The van der Waals surface area contributed by atoms with Crippen LogP contribution in [0.15, 0.2) is 30.5 Å². The van der Waals surface area contributed by atoms with Crippen molar-refractivity contribution in [2.24, 2.45) is 11.7 Å². The van der Waals surface area contributed by atoms with Crippen LogP contribution < -0.4 is 10.6 Å². The van der Waals surface area contributed by atoms with Gasteiger partial charge in [-0.1, -0.05) is 13.0 Å². The van der Waals surface area contributed by atoms with Gasteiger partial charge in [0.2, 0.25) is 0 Å². The van der Waals surface area contributed by atoms with Crippen LogP contribution in [-0.2, 0) is 0 Å². The van der Waals surface area contributed by atoms with E-state index in [2.05, 4.69) is 4.98 Å². The number of fused-ring (bicyclic) bond motifs is 1. The minimum atomic E-state index is -0.0423. The van der Waals surface area contributed by atoms with E-state index in [9.17, 15) is 5.11 Å². The first-order valence-corrected chi connectivity index (χ1v) is 6.12. The number of phenolic OH excluding ortho intramolecular Hbond substituents is 1. The molecule has 0 fully saturated rings. The molecule has 0 saturated heterocycles. The highest BCUT2D eigenvalue weighted by Crippen LogP contribution is 2.27. The van der Waals surface area contributed by atoms with Crippen molar-refractivity contribution >= 4 is 22.4 Å². The molecule has 5 heteroatoms. The minimum absolute atomic E-state index is 0.0423. The SMILES string of the molecule is CC(CN(C)c1nccc2ccc(O)cc12)C(=N)N. The highest BCUT2D eigenvalue weighted by atomic mass is 16.3. The maximum absolute atomic E-state index is 9.61. The lowest BCUT2D eigenvalue weighted by Gasteiger charge is -2.23. The second-order valence-electron chi connectivity index (χ2n) is 4.78. The lowest BCUT2D eigenvalue weighted by molar-refractivity contribution is 0.476. The van der Waals surface area contributed by atoms with E-state index < -0.39 is 0 Å². The van der Waals surface area contributed by atoms with Crippen LogP contribution in [0.5, 0.6) is 5.75 Å². The summed E-state index contributed by atoms with van der Waals surface area (Å²) in [7, 11) is 1.91. The summed E-state index contributed by atoms with van der Waals surface area (Å²) in [5.41, 5.74) is 5.50. The molecule has 4 N–H and O–H groups in total. The minimum Gasteiger partial charge on any atom is -0.508 e. The molecule has 1 aromatic heterocycles. The number of hydrogen-bond acceptors (Lipinski definition) is 4. The summed E-state index contributed by atoms with van der Waals surface area (Å²) in [6.07, 6.45) is 1.74. The van der Waals surface area contributed by atoms with E-state index in [-0.39, 0.29) is 17.5 Å². The number of phenols is 1. The van der Waals surface area contributed by atoms with E-state index in [0.717, 1.165) is 16.6 Å². The molecule has 0 aliphatic heterocycles. The number of nitrogens with one attached hydrogen (secondary N) is 1. The van der Waals surface area contributed by atoms with E-state index in [0.29, 0.717) is 6.54 Å². The van der Waals surface area contributed by atoms with Crippen LogP contribution in [0.4, 0.5) is 5.82 Å². The zero-order valence-corrected chi connectivity index (χ0v) is 11.1. The van der Waals surface area contributed by atoms with Crippen LogP contribution in [0.1, 0.15) is 6.92 Å². The number of pyridine rings is 1. The van der Waals surface area contributed by atoms with Crippen molar-refractivity contribution in [1.82, 2.24) is 4.98 Å². The van der Waals surface area contributed by atoms with E-state index in [1.54, 1.807) is 18.3 Å². The lowest BCUT2D eigenvalue weighted by Crippen LogP contribution is -2.32. The second-order valence-corrected chi connectivity index (χ2v) is 4.78. The Balaban J connectivity index is 2.38. The largest absolute Gasteiger partial charge is 0.508 e. The Morgan fingerprint density at radius 1 is 1.47 bits per heavy atom. The van der Waals surface area contributed by atoms with Gasteiger partial charge in [-0.05, 0) is 23.6 Å². The fourth-order valence-electron chi connectivity index (χ4n) is 2.04. The average Bonchev–Trinajstić information content (AvgIpc) is 2.37. The van der Waals surface area contributed by atoms with Gasteiger partial charge in [0.15, 0.2) is 0 Å².